The number of nitrogens with one attached hydrogen (secondary N) is 1. The molecular formula is C18H24N4O2. The van der Waals surface area contributed by atoms with Crippen molar-refractivity contribution in [2.45, 2.75) is 13.3 Å². The number of hydrogen-bond donors (Lipinski definition) is 1. The van der Waals surface area contributed by atoms with E-state index in [-0.39, 0.29) is 6.03 Å². The lowest BCUT2D eigenvalue weighted by Crippen LogP contribution is -2.34. The Kier molecular flexibility index (Phi) is 4.85. The minimum Gasteiger partial charge on any atom is -0.354 e. The Morgan fingerprint density at radius 1 is 1.38 bits per heavy atom. The number of carbonyl (C=O) groups is 1. The van der Waals surface area contributed by atoms with E-state index in [4.69, 9.17) is 4.52 Å². The molecule has 1 N–H and O–H groups in total. The highest BCUT2D eigenvalue weighted by Gasteiger charge is 2.28. The normalized spacial score (nSPS) is 17.5. The molecule has 1 aromatic carbocycles. The van der Waals surface area contributed by atoms with Gasteiger partial charge in [0.2, 0.25) is 0 Å². The molecule has 0 bridgehead atoms. The first-order valence-corrected chi connectivity index (χ1v) is 8.27. The smallest absolute Gasteiger partial charge is 0.322 e. The zero-order valence-corrected chi connectivity index (χ0v) is 14.5. The van der Waals surface area contributed by atoms with Crippen LogP contribution in [0.15, 0.2) is 34.9 Å². The predicted molar refractivity (Wildman–Crippen MR) is 93.9 cm³/mol. The standard InChI is InChI=1S/C18H24N4O2/c1-13-16(17(24-20-13)15-7-5-4-6-8-15)19-18(23)22-10-9-14(12-22)11-21(2)3/h4-8,14H,9-12H2,1-3H3,(H,19,23). The van der Waals surface area contributed by atoms with E-state index in [1.807, 2.05) is 42.2 Å². The van der Waals surface area contributed by atoms with Crippen LogP contribution in [0.1, 0.15) is 12.1 Å². The van der Waals surface area contributed by atoms with Gasteiger partial charge in [0.25, 0.3) is 0 Å². The fourth-order valence-corrected chi connectivity index (χ4v) is 3.17. The number of urea groups is 1. The van der Waals surface area contributed by atoms with Gasteiger partial charge in [0.1, 0.15) is 11.4 Å². The van der Waals surface area contributed by atoms with Crippen molar-refractivity contribution >= 4 is 11.7 Å². The van der Waals surface area contributed by atoms with E-state index >= 15 is 0 Å². The molecule has 2 heterocycles. The lowest BCUT2D eigenvalue weighted by Gasteiger charge is -2.19. The highest BCUT2D eigenvalue weighted by Crippen LogP contribution is 2.31. The van der Waals surface area contributed by atoms with E-state index in [1.54, 1.807) is 0 Å². The average Bonchev–Trinajstić information content (AvgIpc) is 3.15. The molecule has 0 saturated carbocycles. The molecule has 2 amide bonds. The maximum Gasteiger partial charge on any atom is 0.322 e. The molecule has 6 nitrogen and oxygen atoms in total. The molecule has 2 aromatic rings. The summed E-state index contributed by atoms with van der Waals surface area (Å²) in [4.78, 5) is 16.7. The second kappa shape index (κ2) is 7.05. The van der Waals surface area contributed by atoms with E-state index in [9.17, 15) is 4.79 Å². The van der Waals surface area contributed by atoms with Gasteiger partial charge in [0.15, 0.2) is 5.76 Å². The third-order valence-electron chi connectivity index (χ3n) is 4.33. The maximum atomic E-state index is 12.6. The number of amides is 2. The van der Waals surface area contributed by atoms with Gasteiger partial charge in [0, 0.05) is 25.2 Å². The van der Waals surface area contributed by atoms with Crippen LogP contribution in [-0.4, -0.2) is 54.7 Å². The van der Waals surface area contributed by atoms with Crippen LogP contribution in [0.2, 0.25) is 0 Å². The van der Waals surface area contributed by atoms with Crippen LogP contribution < -0.4 is 5.32 Å². The molecular weight excluding hydrogens is 304 g/mol. The SMILES string of the molecule is Cc1noc(-c2ccccc2)c1NC(=O)N1CCC(CN(C)C)C1. The van der Waals surface area contributed by atoms with Crippen LogP contribution >= 0.6 is 0 Å². The summed E-state index contributed by atoms with van der Waals surface area (Å²) in [5.74, 6) is 1.13. The Balaban J connectivity index is 1.71. The average molecular weight is 328 g/mol. The summed E-state index contributed by atoms with van der Waals surface area (Å²) >= 11 is 0. The van der Waals surface area contributed by atoms with Gasteiger partial charge in [-0.2, -0.15) is 0 Å². The van der Waals surface area contributed by atoms with Crippen LogP contribution in [0.4, 0.5) is 10.5 Å². The van der Waals surface area contributed by atoms with E-state index < -0.39 is 0 Å². The van der Waals surface area contributed by atoms with E-state index in [0.29, 0.717) is 23.1 Å². The van der Waals surface area contributed by atoms with Crippen LogP contribution in [0.3, 0.4) is 0 Å². The first-order chi connectivity index (χ1) is 11.5. The minimum absolute atomic E-state index is 0.0836. The van der Waals surface area contributed by atoms with Gasteiger partial charge in [-0.25, -0.2) is 4.79 Å². The summed E-state index contributed by atoms with van der Waals surface area (Å²) in [6.07, 6.45) is 1.04. The van der Waals surface area contributed by atoms with Gasteiger partial charge in [0.05, 0.1) is 0 Å². The van der Waals surface area contributed by atoms with Crippen LogP contribution in [-0.2, 0) is 0 Å². The third-order valence-corrected chi connectivity index (χ3v) is 4.33. The van der Waals surface area contributed by atoms with Crippen molar-refractivity contribution in [1.29, 1.82) is 0 Å². The Labute approximate surface area is 142 Å². The number of aromatic nitrogens is 1. The zero-order chi connectivity index (χ0) is 17.1. The molecule has 0 radical (unpaired) electrons. The third kappa shape index (κ3) is 3.59. The van der Waals surface area contributed by atoms with Gasteiger partial charge in [-0.05, 0) is 33.4 Å². The molecule has 1 aliphatic rings. The van der Waals surface area contributed by atoms with Gasteiger partial charge in [-0.15, -0.1) is 0 Å². The second-order valence-corrected chi connectivity index (χ2v) is 6.63. The maximum absolute atomic E-state index is 12.6. The molecule has 1 saturated heterocycles. The second-order valence-electron chi connectivity index (χ2n) is 6.63. The minimum atomic E-state index is -0.0836. The van der Waals surface area contributed by atoms with Crippen molar-refractivity contribution in [3.63, 3.8) is 0 Å². The van der Waals surface area contributed by atoms with Crippen molar-refractivity contribution < 1.29 is 9.32 Å². The molecule has 1 aliphatic heterocycles. The Morgan fingerprint density at radius 3 is 2.83 bits per heavy atom. The molecule has 24 heavy (non-hydrogen) atoms. The van der Waals surface area contributed by atoms with Crippen molar-refractivity contribution in [2.75, 3.05) is 39.0 Å². The van der Waals surface area contributed by atoms with Crippen molar-refractivity contribution in [3.8, 4) is 11.3 Å². The van der Waals surface area contributed by atoms with E-state index in [2.05, 4.69) is 29.5 Å². The van der Waals surface area contributed by atoms with Gasteiger partial charge in [-0.3, -0.25) is 0 Å². The van der Waals surface area contributed by atoms with E-state index in [0.717, 1.165) is 31.6 Å². The molecule has 6 heteroatoms. The van der Waals surface area contributed by atoms with Crippen molar-refractivity contribution in [2.24, 2.45) is 5.92 Å². The lowest BCUT2D eigenvalue weighted by molar-refractivity contribution is 0.219. The van der Waals surface area contributed by atoms with Gasteiger partial charge < -0.3 is 19.6 Å². The fraction of sp³-hybridized carbons (Fsp3) is 0.444. The van der Waals surface area contributed by atoms with Crippen molar-refractivity contribution in [1.82, 2.24) is 15.0 Å². The Bertz CT molecular complexity index is 696. The number of hydrogen-bond acceptors (Lipinski definition) is 4. The largest absolute Gasteiger partial charge is 0.354 e. The summed E-state index contributed by atoms with van der Waals surface area (Å²) in [5, 5.41) is 7.00. The fourth-order valence-electron chi connectivity index (χ4n) is 3.17. The predicted octanol–water partition coefficient (Wildman–Crippen LogP) is 3.07. The molecule has 1 fully saturated rings. The number of carbonyl (C=O) groups excluding carboxylic acids is 1. The summed E-state index contributed by atoms with van der Waals surface area (Å²) < 4.78 is 5.43. The topological polar surface area (TPSA) is 61.6 Å². The number of anilines is 1. The molecule has 0 spiro atoms. The number of likely N-dealkylation sites (tertiary alicyclic amines) is 1. The molecule has 128 valence electrons. The quantitative estimate of drug-likeness (QED) is 0.937. The zero-order valence-electron chi connectivity index (χ0n) is 14.5. The highest BCUT2D eigenvalue weighted by molar-refractivity contribution is 5.94. The van der Waals surface area contributed by atoms with Crippen LogP contribution in [0.5, 0.6) is 0 Å². The molecule has 1 aromatic heterocycles. The number of aryl methyl sites for hydroxylation is 1. The number of nitrogens with zero attached hydrogens (tertiary/aromatic N) is 3. The number of rotatable bonds is 4. The van der Waals surface area contributed by atoms with Crippen LogP contribution in [0.25, 0.3) is 11.3 Å². The molecule has 1 atom stereocenters. The molecule has 0 aliphatic carbocycles. The van der Waals surface area contributed by atoms with Gasteiger partial charge in [-0.1, -0.05) is 35.5 Å². The van der Waals surface area contributed by atoms with Gasteiger partial charge >= 0.3 is 6.03 Å². The van der Waals surface area contributed by atoms with Crippen LogP contribution in [0, 0.1) is 12.8 Å². The summed E-state index contributed by atoms with van der Waals surface area (Å²) in [6, 6.07) is 9.62. The lowest BCUT2D eigenvalue weighted by atomic mass is 10.1. The van der Waals surface area contributed by atoms with E-state index in [1.165, 1.54) is 0 Å². The summed E-state index contributed by atoms with van der Waals surface area (Å²) in [6.45, 7) is 4.42. The monoisotopic (exact) mass is 328 g/mol. The first-order valence-electron chi connectivity index (χ1n) is 8.27. The van der Waals surface area contributed by atoms with Crippen molar-refractivity contribution in [3.05, 3.63) is 36.0 Å². The summed E-state index contributed by atoms with van der Waals surface area (Å²) in [7, 11) is 4.13. The first kappa shape index (κ1) is 16.5. The molecule has 3 rings (SSSR count). The summed E-state index contributed by atoms with van der Waals surface area (Å²) in [5.41, 5.74) is 2.24. The Morgan fingerprint density at radius 2 is 2.12 bits per heavy atom. The highest BCUT2D eigenvalue weighted by atomic mass is 16.5. The number of benzene rings is 1. The Hall–Kier alpha value is -2.34. The molecule has 1 unspecified atom stereocenters.